The number of aromatic nitrogens is 5. The van der Waals surface area contributed by atoms with Crippen LogP contribution in [0.15, 0.2) is 243 Å². The van der Waals surface area contributed by atoms with Crippen molar-refractivity contribution in [2.45, 2.75) is 171 Å². The van der Waals surface area contributed by atoms with Gasteiger partial charge in [-0.15, -0.1) is 0 Å². The van der Waals surface area contributed by atoms with E-state index in [4.69, 9.17) is 0 Å². The molecule has 0 aliphatic rings. The quantitative estimate of drug-likeness (QED) is 0.166. The monoisotopic (exact) mass is 1500 g/mol. The first-order chi connectivity index (χ1) is 54.5. The van der Waals surface area contributed by atoms with Gasteiger partial charge in [0.1, 0.15) is 11.6 Å². The summed E-state index contributed by atoms with van der Waals surface area (Å²) in [6, 6.07) is 96.0. The fourth-order valence-electron chi connectivity index (χ4n) is 17.9. The molecule has 0 atom stereocenters. The van der Waals surface area contributed by atoms with Crippen LogP contribution in [0, 0.1) is 47.8 Å². The van der Waals surface area contributed by atoms with Crippen LogP contribution >= 0.6 is 0 Å². The summed E-state index contributed by atoms with van der Waals surface area (Å²) in [6.45, 7) is 45.3. The maximum Gasteiger partial charge on any atom is 0.104 e. The topological polar surface area (TPSA) is 96.0 Å². The number of fused-ring (bicyclic) bond motifs is 15. The van der Waals surface area contributed by atoms with Crippen molar-refractivity contribution in [3.63, 3.8) is 0 Å². The number of nitriles is 3. The largest absolute Gasteiger partial charge is 0.309 e. The third-order valence-corrected chi connectivity index (χ3v) is 24.2. The second kappa shape index (κ2) is 26.7. The zero-order valence-corrected chi connectivity index (χ0v) is 70.2. The van der Waals surface area contributed by atoms with E-state index in [1.165, 1.54) is 76.8 Å². The van der Waals surface area contributed by atoms with Gasteiger partial charge in [0.15, 0.2) is 0 Å². The van der Waals surface area contributed by atoms with Crippen LogP contribution in [0.3, 0.4) is 0 Å². The Bertz CT molecular complexity index is 6980. The van der Waals surface area contributed by atoms with Gasteiger partial charge in [-0.2, -0.15) is 15.8 Å². The second-order valence-corrected chi connectivity index (χ2v) is 38.2. The maximum absolute atomic E-state index is 12.0. The lowest BCUT2D eigenvalue weighted by molar-refractivity contribution is 0.590. The lowest BCUT2D eigenvalue weighted by atomic mass is 9.85. The van der Waals surface area contributed by atoms with Gasteiger partial charge in [0, 0.05) is 65.1 Å². The highest BCUT2D eigenvalue weighted by molar-refractivity contribution is 6.20. The van der Waals surface area contributed by atoms with E-state index in [1.54, 1.807) is 6.07 Å². The van der Waals surface area contributed by atoms with E-state index in [0.717, 1.165) is 116 Å². The molecule has 8 nitrogen and oxygen atoms in total. The lowest BCUT2D eigenvalue weighted by Crippen LogP contribution is -2.11. The van der Waals surface area contributed by atoms with Crippen molar-refractivity contribution < 1.29 is 0 Å². The number of para-hydroxylation sites is 4. The molecule has 0 saturated carbocycles. The minimum atomic E-state index is -0.0504. The third kappa shape index (κ3) is 12.4. The summed E-state index contributed by atoms with van der Waals surface area (Å²) in [4.78, 5) is 0. The Labute approximate surface area is 676 Å². The van der Waals surface area contributed by atoms with Crippen molar-refractivity contribution in [3.8, 4) is 57.8 Å². The SMILES string of the molecule is CC(C)(C)c1ccc2c(c1)c1cc(C(C)(C)C)ccc1n2-c1cc2c3ccccc3n(-c3ccccc3)c2c(-n2c3ccc(C(C)(C)C)cc3c3cc(C(C)(C)C)ccc32)c1C#N.Cc1cccc(C)c1-n1c2ccccc2c2ccc(-n3c4ccc(C(C)(C)C)cc4c4cc(C(C)(C)C)ccc43)c(-c3cc(C#N)cc(C#N)c3)c21. The molecule has 18 aromatic rings. The average Bonchev–Trinajstić information content (AvgIpc) is 1.55. The van der Waals surface area contributed by atoms with E-state index in [9.17, 15) is 15.8 Å². The number of hydrogen-bond acceptors (Lipinski definition) is 3. The third-order valence-electron chi connectivity index (χ3n) is 24.2. The molecule has 0 amide bonds. The van der Waals surface area contributed by atoms with Gasteiger partial charge in [-0.3, -0.25) is 0 Å². The molecular weight excluding hydrogens is 1400 g/mol. The standard InChI is InChI=1S/C59H58N4.C48H42N4/c1-56(2,3)36-22-26-49-42(30-36)43-31-37(57(4,5)6)23-27-50(43)62(49)53-34-46-41-20-16-17-21-48(41)61(40-18-14-13-15-19-40)54(46)55(47(53)35-60)63-51-28-24-38(58(7,8)9)32-44(51)45-33-39(59(10,11)12)25-29-52(45)63;1-29-12-11-13-30(2)45(29)52-40-15-10-9-14-36(40)37-18-21-43(44(46(37)52)33-23-31(27-49)22-32(24-33)28-50)51-41-19-16-34(47(3,4)5)25-38(41)39-26-35(48(6,7)8)17-20-42(39)51/h13-34H,1-12H3;9-26H,1-8H3. The molecule has 0 unspecified atom stereocenters. The fraction of sp³-hybridized carbons (Fsp3) is 0.243. The zero-order valence-electron chi connectivity index (χ0n) is 70.2. The van der Waals surface area contributed by atoms with Crippen LogP contribution in [0.4, 0.5) is 0 Å². The van der Waals surface area contributed by atoms with Crippen LogP contribution in [-0.2, 0) is 32.5 Å². The predicted octanol–water partition coefficient (Wildman–Crippen LogP) is 28.5. The first-order valence-electron chi connectivity index (χ1n) is 40.5. The Balaban J connectivity index is 0.000000169. The Morgan fingerprint density at radius 2 is 0.591 bits per heavy atom. The molecule has 115 heavy (non-hydrogen) atoms. The average molecular weight is 1500 g/mol. The van der Waals surface area contributed by atoms with E-state index in [-0.39, 0.29) is 32.5 Å². The molecule has 0 aliphatic carbocycles. The van der Waals surface area contributed by atoms with Crippen molar-refractivity contribution in [3.05, 3.63) is 304 Å². The molecule has 5 heterocycles. The van der Waals surface area contributed by atoms with E-state index >= 15 is 0 Å². The molecule has 8 heteroatoms. The molecule has 0 fully saturated rings. The van der Waals surface area contributed by atoms with E-state index in [0.29, 0.717) is 16.7 Å². The van der Waals surface area contributed by atoms with Crippen LogP contribution in [0.25, 0.3) is 149 Å². The lowest BCUT2D eigenvalue weighted by Gasteiger charge is -2.21. The Morgan fingerprint density at radius 3 is 0.974 bits per heavy atom. The molecule has 0 bridgehead atoms. The fourth-order valence-corrected chi connectivity index (χ4v) is 17.9. The summed E-state index contributed by atoms with van der Waals surface area (Å²) in [5.74, 6) is 0. The van der Waals surface area contributed by atoms with Crippen molar-refractivity contribution in [1.29, 1.82) is 15.8 Å². The Morgan fingerprint density at radius 1 is 0.243 bits per heavy atom. The van der Waals surface area contributed by atoms with E-state index in [2.05, 4.69) is 404 Å². The summed E-state index contributed by atoms with van der Waals surface area (Å²) < 4.78 is 12.0. The smallest absolute Gasteiger partial charge is 0.104 e. The van der Waals surface area contributed by atoms with Crippen LogP contribution in [0.1, 0.15) is 186 Å². The molecule has 5 aromatic heterocycles. The van der Waals surface area contributed by atoms with Crippen LogP contribution < -0.4 is 0 Å². The van der Waals surface area contributed by atoms with Gasteiger partial charge in [0.2, 0.25) is 0 Å². The van der Waals surface area contributed by atoms with Gasteiger partial charge in [-0.1, -0.05) is 240 Å². The summed E-state index contributed by atoms with van der Waals surface area (Å²) in [6.07, 6.45) is 0. The molecule has 0 saturated heterocycles. The van der Waals surface area contributed by atoms with Crippen molar-refractivity contribution in [2.24, 2.45) is 0 Å². The molecule has 0 radical (unpaired) electrons. The summed E-state index contributed by atoms with van der Waals surface area (Å²) in [5.41, 5.74) is 28.9. The van der Waals surface area contributed by atoms with Crippen LogP contribution in [0.5, 0.6) is 0 Å². The summed E-state index contributed by atoms with van der Waals surface area (Å²) >= 11 is 0. The Hall–Kier alpha value is -12.7. The Kier molecular flexibility index (Phi) is 17.4. The number of aryl methyl sites for hydroxylation is 2. The molecule has 13 aromatic carbocycles. The first-order valence-corrected chi connectivity index (χ1v) is 40.5. The second-order valence-electron chi connectivity index (χ2n) is 38.2. The van der Waals surface area contributed by atoms with Crippen molar-refractivity contribution in [2.75, 3.05) is 0 Å². The zero-order chi connectivity index (χ0) is 81.2. The van der Waals surface area contributed by atoms with Gasteiger partial charge in [0.05, 0.1) is 101 Å². The van der Waals surface area contributed by atoms with Gasteiger partial charge >= 0.3 is 0 Å². The molecule has 0 aliphatic heterocycles. The highest BCUT2D eigenvalue weighted by atomic mass is 15.1. The highest BCUT2D eigenvalue weighted by Crippen LogP contribution is 2.50. The number of rotatable bonds is 6. The minimum absolute atomic E-state index is 0.0217. The predicted molar refractivity (Wildman–Crippen MR) is 486 cm³/mol. The van der Waals surface area contributed by atoms with Gasteiger partial charge in [0.25, 0.3) is 0 Å². The van der Waals surface area contributed by atoms with Gasteiger partial charge in [-0.25, -0.2) is 0 Å². The van der Waals surface area contributed by atoms with Crippen LogP contribution in [0.2, 0.25) is 0 Å². The maximum atomic E-state index is 12.0. The molecular formula is C107H100N8. The van der Waals surface area contributed by atoms with Crippen molar-refractivity contribution in [1.82, 2.24) is 22.8 Å². The van der Waals surface area contributed by atoms with E-state index < -0.39 is 0 Å². The number of hydrogen-bond donors (Lipinski definition) is 0. The minimum Gasteiger partial charge on any atom is -0.309 e. The molecule has 568 valence electrons. The number of nitrogens with zero attached hydrogens (tertiary/aromatic N) is 8. The molecule has 0 spiro atoms. The van der Waals surface area contributed by atoms with Crippen molar-refractivity contribution >= 4 is 109 Å². The van der Waals surface area contributed by atoms with E-state index in [1.807, 2.05) is 12.1 Å². The van der Waals surface area contributed by atoms with Gasteiger partial charge in [-0.05, 0) is 224 Å². The highest BCUT2D eigenvalue weighted by Gasteiger charge is 2.33. The first kappa shape index (κ1) is 75.0. The molecule has 18 rings (SSSR count). The summed E-state index contributed by atoms with van der Waals surface area (Å²) in [5, 5.41) is 44.1. The summed E-state index contributed by atoms with van der Waals surface area (Å²) in [7, 11) is 0. The number of benzene rings is 13. The van der Waals surface area contributed by atoms with Gasteiger partial charge < -0.3 is 22.8 Å². The van der Waals surface area contributed by atoms with Crippen LogP contribution in [-0.4, -0.2) is 22.8 Å². The normalized spacial score (nSPS) is 12.7. The molecule has 0 N–H and O–H groups in total.